The number of carbonyl (C=O) groups is 1. The van der Waals surface area contributed by atoms with Gasteiger partial charge < -0.3 is 14.8 Å². The number of hydrogen-bond acceptors (Lipinski definition) is 3. The Morgan fingerprint density at radius 2 is 1.86 bits per heavy atom. The van der Waals surface area contributed by atoms with E-state index < -0.39 is 6.10 Å². The molecule has 1 N–H and O–H groups in total. The lowest BCUT2D eigenvalue weighted by atomic mass is 10.1. The highest BCUT2D eigenvalue weighted by Crippen LogP contribution is 2.33. The Morgan fingerprint density at radius 1 is 1.14 bits per heavy atom. The average Bonchev–Trinajstić information content (AvgIpc) is 2.52. The van der Waals surface area contributed by atoms with Crippen LogP contribution in [0.1, 0.15) is 12.5 Å². The Balaban J connectivity index is 1.65. The van der Waals surface area contributed by atoms with Crippen molar-refractivity contribution in [1.29, 1.82) is 0 Å². The molecule has 0 saturated carbocycles. The first-order valence-corrected chi connectivity index (χ1v) is 7.87. The van der Waals surface area contributed by atoms with Crippen LogP contribution in [-0.4, -0.2) is 18.1 Å². The molecule has 1 aliphatic rings. The molecule has 0 spiro atoms. The fourth-order valence-corrected chi connectivity index (χ4v) is 2.79. The molecule has 1 aliphatic heterocycles. The van der Waals surface area contributed by atoms with E-state index in [-0.39, 0.29) is 12.0 Å². The zero-order chi connectivity index (χ0) is 15.5. The van der Waals surface area contributed by atoms with Crippen LogP contribution < -0.4 is 14.8 Å². The summed E-state index contributed by atoms with van der Waals surface area (Å²) < 4.78 is 12.5. The van der Waals surface area contributed by atoms with Gasteiger partial charge in [0.05, 0.1) is 0 Å². The van der Waals surface area contributed by atoms with Crippen molar-refractivity contribution >= 4 is 21.8 Å². The molecule has 2 aromatic rings. The van der Waals surface area contributed by atoms with E-state index in [0.29, 0.717) is 18.0 Å². The topological polar surface area (TPSA) is 47.6 Å². The van der Waals surface area contributed by atoms with Gasteiger partial charge in [-0.05, 0) is 36.8 Å². The summed E-state index contributed by atoms with van der Waals surface area (Å²) in [5.41, 5.74) is 1.02. The number of nitrogens with one attached hydrogen (secondary N) is 1. The summed E-state index contributed by atoms with van der Waals surface area (Å²) in [6.45, 7) is 2.28. The molecule has 0 unspecified atom stereocenters. The van der Waals surface area contributed by atoms with Gasteiger partial charge in [-0.2, -0.15) is 0 Å². The van der Waals surface area contributed by atoms with Gasteiger partial charge in [-0.3, -0.25) is 4.79 Å². The summed E-state index contributed by atoms with van der Waals surface area (Å²) in [6.07, 6.45) is -0.987. The number of para-hydroxylation sites is 2. The van der Waals surface area contributed by atoms with E-state index in [2.05, 4.69) is 21.2 Å². The van der Waals surface area contributed by atoms with Crippen molar-refractivity contribution in [1.82, 2.24) is 5.32 Å². The Kier molecular flexibility index (Phi) is 4.34. The standard InChI is InChI=1S/C17H16BrNO3/c1-11-16(22-15-8-3-2-7-14(15)21-11)17(20)19-10-12-5-4-6-13(18)9-12/h2-9,11,16H,10H2,1H3,(H,19,20)/t11-,16-/m0/s1. The van der Waals surface area contributed by atoms with Gasteiger partial charge in [0.1, 0.15) is 6.10 Å². The zero-order valence-corrected chi connectivity index (χ0v) is 13.7. The van der Waals surface area contributed by atoms with E-state index in [9.17, 15) is 4.79 Å². The monoisotopic (exact) mass is 361 g/mol. The highest BCUT2D eigenvalue weighted by molar-refractivity contribution is 9.10. The van der Waals surface area contributed by atoms with Crippen molar-refractivity contribution in [2.24, 2.45) is 0 Å². The number of benzene rings is 2. The van der Waals surface area contributed by atoms with Crippen LogP contribution in [0, 0.1) is 0 Å². The number of fused-ring (bicyclic) bond motifs is 1. The highest BCUT2D eigenvalue weighted by atomic mass is 79.9. The number of amides is 1. The lowest BCUT2D eigenvalue weighted by Gasteiger charge is -2.31. The summed E-state index contributed by atoms with van der Waals surface area (Å²) in [7, 11) is 0. The summed E-state index contributed by atoms with van der Waals surface area (Å²) >= 11 is 3.42. The third kappa shape index (κ3) is 3.25. The van der Waals surface area contributed by atoms with Crippen LogP contribution in [0.5, 0.6) is 11.5 Å². The van der Waals surface area contributed by atoms with E-state index in [1.54, 1.807) is 6.07 Å². The smallest absolute Gasteiger partial charge is 0.265 e. The van der Waals surface area contributed by atoms with Crippen LogP contribution in [0.3, 0.4) is 0 Å². The second-order valence-corrected chi connectivity index (χ2v) is 6.07. The lowest BCUT2D eigenvalue weighted by molar-refractivity contribution is -0.133. The van der Waals surface area contributed by atoms with E-state index in [0.717, 1.165) is 10.0 Å². The minimum Gasteiger partial charge on any atom is -0.482 e. The molecule has 0 saturated heterocycles. The van der Waals surface area contributed by atoms with E-state index >= 15 is 0 Å². The van der Waals surface area contributed by atoms with Crippen LogP contribution in [-0.2, 0) is 11.3 Å². The molecule has 0 fully saturated rings. The van der Waals surface area contributed by atoms with Gasteiger partial charge in [-0.25, -0.2) is 0 Å². The molecule has 114 valence electrons. The summed E-state index contributed by atoms with van der Waals surface area (Å²) in [5.74, 6) is 1.09. The SMILES string of the molecule is C[C@@H]1Oc2ccccc2O[C@@H]1C(=O)NCc1cccc(Br)c1. The maximum atomic E-state index is 12.3. The van der Waals surface area contributed by atoms with Crippen molar-refractivity contribution in [3.63, 3.8) is 0 Å². The molecule has 0 radical (unpaired) electrons. The van der Waals surface area contributed by atoms with Gasteiger partial charge in [0.25, 0.3) is 5.91 Å². The summed E-state index contributed by atoms with van der Waals surface area (Å²) in [4.78, 5) is 12.3. The van der Waals surface area contributed by atoms with Crippen molar-refractivity contribution < 1.29 is 14.3 Å². The lowest BCUT2D eigenvalue weighted by Crippen LogP contribution is -2.48. The third-order valence-electron chi connectivity index (χ3n) is 3.46. The van der Waals surface area contributed by atoms with Crippen LogP contribution in [0.2, 0.25) is 0 Å². The molecule has 1 amide bonds. The second kappa shape index (κ2) is 6.40. The van der Waals surface area contributed by atoms with Gasteiger partial charge in [0.15, 0.2) is 11.5 Å². The molecule has 0 aliphatic carbocycles. The number of rotatable bonds is 3. The number of carbonyl (C=O) groups excluding carboxylic acids is 1. The predicted molar refractivity (Wildman–Crippen MR) is 86.9 cm³/mol. The van der Waals surface area contributed by atoms with Crippen LogP contribution in [0.4, 0.5) is 0 Å². The molecule has 4 nitrogen and oxygen atoms in total. The average molecular weight is 362 g/mol. The van der Waals surface area contributed by atoms with Gasteiger partial charge in [0.2, 0.25) is 6.10 Å². The van der Waals surface area contributed by atoms with Crippen LogP contribution >= 0.6 is 15.9 Å². The maximum absolute atomic E-state index is 12.3. The third-order valence-corrected chi connectivity index (χ3v) is 3.95. The van der Waals surface area contributed by atoms with Crippen LogP contribution in [0.25, 0.3) is 0 Å². The number of halogens is 1. The van der Waals surface area contributed by atoms with Gasteiger partial charge >= 0.3 is 0 Å². The minimum atomic E-state index is -0.651. The molecule has 0 bridgehead atoms. The maximum Gasteiger partial charge on any atom is 0.265 e. The first-order valence-electron chi connectivity index (χ1n) is 7.08. The normalized spacial score (nSPS) is 19.5. The molecule has 22 heavy (non-hydrogen) atoms. The first kappa shape index (κ1) is 14.9. The van der Waals surface area contributed by atoms with Gasteiger partial charge in [-0.15, -0.1) is 0 Å². The van der Waals surface area contributed by atoms with Gasteiger partial charge in [-0.1, -0.05) is 40.2 Å². The van der Waals surface area contributed by atoms with E-state index in [4.69, 9.17) is 9.47 Å². The molecular formula is C17H16BrNO3. The van der Waals surface area contributed by atoms with Crippen molar-refractivity contribution in [3.05, 3.63) is 58.6 Å². The quantitative estimate of drug-likeness (QED) is 0.912. The molecule has 2 aromatic carbocycles. The second-order valence-electron chi connectivity index (χ2n) is 5.16. The zero-order valence-electron chi connectivity index (χ0n) is 12.1. The molecule has 0 aromatic heterocycles. The molecule has 1 heterocycles. The molecule has 5 heteroatoms. The van der Waals surface area contributed by atoms with Gasteiger partial charge in [0, 0.05) is 11.0 Å². The Morgan fingerprint density at radius 3 is 2.59 bits per heavy atom. The molecule has 2 atom stereocenters. The largest absolute Gasteiger partial charge is 0.482 e. The summed E-state index contributed by atoms with van der Waals surface area (Å²) in [5, 5.41) is 2.89. The summed E-state index contributed by atoms with van der Waals surface area (Å²) in [6, 6.07) is 15.2. The predicted octanol–water partition coefficient (Wildman–Crippen LogP) is 3.29. The number of ether oxygens (including phenoxy) is 2. The van der Waals surface area contributed by atoms with Crippen molar-refractivity contribution in [3.8, 4) is 11.5 Å². The first-order chi connectivity index (χ1) is 10.6. The Bertz CT molecular complexity index is 689. The molecular weight excluding hydrogens is 346 g/mol. The fraction of sp³-hybridized carbons (Fsp3) is 0.235. The van der Waals surface area contributed by atoms with Crippen molar-refractivity contribution in [2.45, 2.75) is 25.7 Å². The van der Waals surface area contributed by atoms with Crippen molar-refractivity contribution in [2.75, 3.05) is 0 Å². The Labute approximate surface area is 137 Å². The number of hydrogen-bond donors (Lipinski definition) is 1. The fourth-order valence-electron chi connectivity index (χ4n) is 2.34. The van der Waals surface area contributed by atoms with Crippen LogP contribution in [0.15, 0.2) is 53.0 Å². The minimum absolute atomic E-state index is 0.179. The highest BCUT2D eigenvalue weighted by Gasteiger charge is 2.33. The van der Waals surface area contributed by atoms with E-state index in [1.165, 1.54) is 0 Å². The Hall–Kier alpha value is -2.01. The molecule has 3 rings (SSSR count). The van der Waals surface area contributed by atoms with E-state index in [1.807, 2.05) is 49.4 Å².